The van der Waals surface area contributed by atoms with Crippen molar-refractivity contribution in [1.29, 1.82) is 0 Å². The second kappa shape index (κ2) is 4.03. The molecule has 0 amide bonds. The second-order valence-corrected chi connectivity index (χ2v) is 3.83. The Balaban J connectivity index is 2.49. The number of fused-ring (bicyclic) bond motifs is 1. The van der Waals surface area contributed by atoms with E-state index in [9.17, 15) is 9.59 Å². The fraction of sp³-hybridized carbons (Fsp3) is 0.167. The van der Waals surface area contributed by atoms with Gasteiger partial charge >= 0.3 is 0 Å². The molecular weight excluding hydrogens is 208 g/mol. The topological polar surface area (TPSA) is 34.1 Å². The molecule has 0 radical (unpaired) electrons. The molecule has 3 heteroatoms. The summed E-state index contributed by atoms with van der Waals surface area (Å²) in [6.45, 7) is 0. The van der Waals surface area contributed by atoms with Gasteiger partial charge in [-0.25, -0.2) is 0 Å². The van der Waals surface area contributed by atoms with Crippen molar-refractivity contribution in [2.45, 2.75) is 6.42 Å². The Morgan fingerprint density at radius 3 is 2.40 bits per heavy atom. The van der Waals surface area contributed by atoms with Gasteiger partial charge in [0.05, 0.1) is 0 Å². The molecule has 2 nitrogen and oxygen atoms in total. The molecule has 2 rings (SSSR count). The first kappa shape index (κ1) is 10.2. The molecule has 1 aliphatic carbocycles. The van der Waals surface area contributed by atoms with Crippen LogP contribution in [0.4, 0.5) is 0 Å². The van der Waals surface area contributed by atoms with Crippen molar-refractivity contribution in [3.8, 4) is 0 Å². The maximum Gasteiger partial charge on any atom is 0.189 e. The summed E-state index contributed by atoms with van der Waals surface area (Å²) < 4.78 is 0. The lowest BCUT2D eigenvalue weighted by atomic mass is 9.88. The van der Waals surface area contributed by atoms with E-state index in [0.717, 1.165) is 0 Å². The second-order valence-electron chi connectivity index (χ2n) is 3.38. The number of benzene rings is 1. The third kappa shape index (κ3) is 1.75. The van der Waals surface area contributed by atoms with E-state index >= 15 is 0 Å². The van der Waals surface area contributed by atoms with Gasteiger partial charge in [-0.1, -0.05) is 24.3 Å². The quantitative estimate of drug-likeness (QED) is 0.773. The number of hydrogen-bond acceptors (Lipinski definition) is 3. The highest BCUT2D eigenvalue weighted by Gasteiger charge is 2.23. The van der Waals surface area contributed by atoms with Crippen LogP contribution in [-0.4, -0.2) is 17.3 Å². The summed E-state index contributed by atoms with van der Waals surface area (Å²) in [6.07, 6.45) is 1.98. The van der Waals surface area contributed by atoms with Crippen molar-refractivity contribution in [2.24, 2.45) is 0 Å². The van der Waals surface area contributed by atoms with Crippen molar-refractivity contribution in [3.63, 3.8) is 0 Å². The third-order valence-electron chi connectivity index (χ3n) is 2.42. The SMILES string of the molecule is O=C1C=C(CCS)C(=O)c2ccccc21. The van der Waals surface area contributed by atoms with Gasteiger partial charge in [0.25, 0.3) is 0 Å². The van der Waals surface area contributed by atoms with Crippen LogP contribution < -0.4 is 0 Å². The summed E-state index contributed by atoms with van der Waals surface area (Å²) in [4.78, 5) is 23.6. The van der Waals surface area contributed by atoms with Crippen LogP contribution in [0.5, 0.6) is 0 Å². The van der Waals surface area contributed by atoms with Gasteiger partial charge in [-0.05, 0) is 18.2 Å². The third-order valence-corrected chi connectivity index (χ3v) is 2.64. The van der Waals surface area contributed by atoms with Crippen LogP contribution in [0.3, 0.4) is 0 Å². The van der Waals surface area contributed by atoms with Gasteiger partial charge in [-0.15, -0.1) is 0 Å². The van der Waals surface area contributed by atoms with Gasteiger partial charge in [0.1, 0.15) is 0 Å². The predicted molar refractivity (Wildman–Crippen MR) is 61.7 cm³/mol. The molecular formula is C12H10O2S. The molecule has 0 unspecified atom stereocenters. The first-order valence-corrected chi connectivity index (χ1v) is 5.37. The summed E-state index contributed by atoms with van der Waals surface area (Å²) in [7, 11) is 0. The van der Waals surface area contributed by atoms with E-state index in [0.29, 0.717) is 28.9 Å². The van der Waals surface area contributed by atoms with E-state index in [4.69, 9.17) is 0 Å². The molecule has 1 aliphatic rings. The molecule has 0 atom stereocenters. The lowest BCUT2D eigenvalue weighted by Gasteiger charge is -2.13. The number of allylic oxidation sites excluding steroid dienone is 2. The Morgan fingerprint density at radius 2 is 1.73 bits per heavy atom. The van der Waals surface area contributed by atoms with Crippen LogP contribution in [0.25, 0.3) is 0 Å². The van der Waals surface area contributed by atoms with Crippen LogP contribution in [0, 0.1) is 0 Å². The number of ketones is 2. The number of rotatable bonds is 2. The monoisotopic (exact) mass is 218 g/mol. The molecule has 0 saturated heterocycles. The molecule has 1 aromatic rings. The van der Waals surface area contributed by atoms with E-state index < -0.39 is 0 Å². The van der Waals surface area contributed by atoms with E-state index in [-0.39, 0.29) is 11.6 Å². The summed E-state index contributed by atoms with van der Waals surface area (Å²) in [5.41, 5.74) is 1.58. The molecule has 76 valence electrons. The van der Waals surface area contributed by atoms with Crippen molar-refractivity contribution in [2.75, 3.05) is 5.75 Å². The van der Waals surface area contributed by atoms with Crippen molar-refractivity contribution < 1.29 is 9.59 Å². The maximum atomic E-state index is 11.9. The number of carbonyl (C=O) groups excluding carboxylic acids is 2. The van der Waals surface area contributed by atoms with Gasteiger partial charge in [-0.3, -0.25) is 9.59 Å². The summed E-state index contributed by atoms with van der Waals surface area (Å²) in [5.74, 6) is 0.453. The maximum absolute atomic E-state index is 11.9. The largest absolute Gasteiger partial charge is 0.289 e. The molecule has 0 N–H and O–H groups in total. The number of thiol groups is 1. The standard InChI is InChI=1S/C12H10O2S/c13-11-7-8(5-6-15)12(14)10-4-2-1-3-9(10)11/h1-4,7,15H,5-6H2. The average Bonchev–Trinajstić information content (AvgIpc) is 2.26. The Kier molecular flexibility index (Phi) is 2.73. The van der Waals surface area contributed by atoms with E-state index in [1.54, 1.807) is 24.3 Å². The predicted octanol–water partition coefficient (Wildman–Crippen LogP) is 2.31. The molecule has 0 bridgehead atoms. The molecule has 0 saturated carbocycles. The van der Waals surface area contributed by atoms with Gasteiger partial charge in [0.2, 0.25) is 0 Å². The molecule has 15 heavy (non-hydrogen) atoms. The van der Waals surface area contributed by atoms with Gasteiger partial charge in [0.15, 0.2) is 11.6 Å². The smallest absolute Gasteiger partial charge is 0.189 e. The fourth-order valence-electron chi connectivity index (χ4n) is 1.68. The van der Waals surface area contributed by atoms with E-state index in [1.807, 2.05) is 0 Å². The molecule has 0 aliphatic heterocycles. The van der Waals surface area contributed by atoms with Crippen LogP contribution in [0.2, 0.25) is 0 Å². The van der Waals surface area contributed by atoms with Crippen molar-refractivity contribution in [1.82, 2.24) is 0 Å². The summed E-state index contributed by atoms with van der Waals surface area (Å²) >= 11 is 4.07. The Hall–Kier alpha value is -1.35. The highest BCUT2D eigenvalue weighted by molar-refractivity contribution is 7.80. The zero-order chi connectivity index (χ0) is 10.8. The van der Waals surface area contributed by atoms with E-state index in [1.165, 1.54) is 6.08 Å². The van der Waals surface area contributed by atoms with Gasteiger partial charge < -0.3 is 0 Å². The van der Waals surface area contributed by atoms with Crippen LogP contribution in [-0.2, 0) is 0 Å². The summed E-state index contributed by atoms with van der Waals surface area (Å²) in [6, 6.07) is 6.92. The van der Waals surface area contributed by atoms with Gasteiger partial charge in [0, 0.05) is 16.7 Å². The fourth-order valence-corrected chi connectivity index (χ4v) is 1.92. The number of hydrogen-bond donors (Lipinski definition) is 1. The van der Waals surface area contributed by atoms with Crippen LogP contribution in [0.1, 0.15) is 27.1 Å². The highest BCUT2D eigenvalue weighted by Crippen LogP contribution is 2.22. The molecule has 0 spiro atoms. The minimum Gasteiger partial charge on any atom is -0.289 e. The number of Topliss-reactive ketones (excluding diaryl/α,β-unsaturated/α-hetero) is 1. The minimum atomic E-state index is -0.0815. The Bertz CT molecular complexity index is 460. The first-order valence-electron chi connectivity index (χ1n) is 4.73. The Labute approximate surface area is 93.4 Å². The lowest BCUT2D eigenvalue weighted by Crippen LogP contribution is -2.16. The number of carbonyl (C=O) groups is 2. The van der Waals surface area contributed by atoms with Crippen molar-refractivity contribution >= 4 is 24.2 Å². The zero-order valence-corrected chi connectivity index (χ0v) is 8.96. The molecule has 0 heterocycles. The lowest BCUT2D eigenvalue weighted by molar-refractivity contribution is 0.0982. The zero-order valence-electron chi connectivity index (χ0n) is 8.06. The average molecular weight is 218 g/mol. The Morgan fingerprint density at radius 1 is 1.07 bits per heavy atom. The molecule has 0 aromatic heterocycles. The van der Waals surface area contributed by atoms with Gasteiger partial charge in [-0.2, -0.15) is 12.6 Å². The minimum absolute atomic E-state index is 0.0424. The normalized spacial score (nSPS) is 14.9. The molecule has 0 fully saturated rings. The molecule has 1 aromatic carbocycles. The van der Waals surface area contributed by atoms with Crippen LogP contribution in [0.15, 0.2) is 35.9 Å². The van der Waals surface area contributed by atoms with E-state index in [2.05, 4.69) is 12.6 Å². The summed E-state index contributed by atoms with van der Waals surface area (Å²) in [5, 5.41) is 0. The highest BCUT2D eigenvalue weighted by atomic mass is 32.1. The van der Waals surface area contributed by atoms with Crippen LogP contribution >= 0.6 is 12.6 Å². The van der Waals surface area contributed by atoms with Crippen molar-refractivity contribution in [3.05, 3.63) is 47.0 Å². The first-order chi connectivity index (χ1) is 7.24.